The van der Waals surface area contributed by atoms with E-state index < -0.39 is 29.7 Å². The van der Waals surface area contributed by atoms with Crippen molar-refractivity contribution >= 4 is 11.8 Å². The number of hydrogen-bond donors (Lipinski definition) is 3. The molecule has 0 aliphatic carbocycles. The zero-order valence-electron chi connectivity index (χ0n) is 11.9. The van der Waals surface area contributed by atoms with Crippen LogP contribution in [0.2, 0.25) is 0 Å². The molecule has 0 aromatic carbocycles. The summed E-state index contributed by atoms with van der Waals surface area (Å²) in [6, 6.07) is 4.59. The summed E-state index contributed by atoms with van der Waals surface area (Å²) in [7, 11) is 0. The molecular formula is C15H15FN2O4S. The fraction of sp³-hybridized carbons (Fsp3) is 0.333. The Balaban J connectivity index is 1.78. The Hall–Kier alpha value is -1.74. The van der Waals surface area contributed by atoms with Gasteiger partial charge in [-0.3, -0.25) is 4.98 Å². The maximum Gasteiger partial charge on any atom is 0.213 e. The molecule has 4 atom stereocenters. The third-order valence-corrected chi connectivity index (χ3v) is 4.72. The van der Waals surface area contributed by atoms with Crippen molar-refractivity contribution in [3.8, 4) is 16.9 Å². The predicted molar refractivity (Wildman–Crippen MR) is 82.3 cm³/mol. The van der Waals surface area contributed by atoms with Gasteiger partial charge in [-0.1, -0.05) is 0 Å². The van der Waals surface area contributed by atoms with E-state index in [-0.39, 0.29) is 5.75 Å². The maximum atomic E-state index is 13.2. The van der Waals surface area contributed by atoms with E-state index in [0.29, 0.717) is 16.9 Å². The lowest BCUT2D eigenvalue weighted by atomic mass is 10.1. The predicted octanol–water partition coefficient (Wildman–Crippen LogP) is 0.817. The number of pyridine rings is 2. The van der Waals surface area contributed by atoms with Gasteiger partial charge in [0, 0.05) is 29.8 Å². The highest BCUT2D eigenvalue weighted by Crippen LogP contribution is 2.30. The highest BCUT2D eigenvalue weighted by Gasteiger charge is 2.38. The zero-order chi connectivity index (χ0) is 16.4. The van der Waals surface area contributed by atoms with Crippen molar-refractivity contribution in [1.29, 1.82) is 0 Å². The van der Waals surface area contributed by atoms with Crippen LogP contribution in [0.1, 0.15) is 0 Å². The Labute approximate surface area is 136 Å². The SMILES string of the molecule is O[C@@H]1[C@@H](O)[C@H](Oc2cncc(-c3ccnc(F)c3)c2)SC[C@H]1O. The first-order chi connectivity index (χ1) is 11.0. The van der Waals surface area contributed by atoms with Gasteiger partial charge in [0.25, 0.3) is 0 Å². The van der Waals surface area contributed by atoms with Crippen molar-refractivity contribution < 1.29 is 24.4 Å². The Bertz CT molecular complexity index is 690. The number of nitrogens with zero attached hydrogens (tertiary/aromatic N) is 2. The second kappa shape index (κ2) is 6.79. The lowest BCUT2D eigenvalue weighted by molar-refractivity contribution is -0.0786. The summed E-state index contributed by atoms with van der Waals surface area (Å²) in [5, 5.41) is 29.2. The second-order valence-electron chi connectivity index (χ2n) is 5.14. The Morgan fingerprint density at radius 1 is 1.13 bits per heavy atom. The van der Waals surface area contributed by atoms with Crippen LogP contribution in [0.3, 0.4) is 0 Å². The number of rotatable bonds is 3. The monoisotopic (exact) mass is 338 g/mol. The van der Waals surface area contributed by atoms with Crippen molar-refractivity contribution in [2.24, 2.45) is 0 Å². The molecule has 3 N–H and O–H groups in total. The average molecular weight is 338 g/mol. The minimum absolute atomic E-state index is 0.256. The highest BCUT2D eigenvalue weighted by molar-refractivity contribution is 7.99. The minimum atomic E-state index is -1.26. The van der Waals surface area contributed by atoms with Gasteiger partial charge < -0.3 is 20.1 Å². The molecule has 1 saturated heterocycles. The molecule has 3 heterocycles. The number of hydrogen-bond acceptors (Lipinski definition) is 7. The van der Waals surface area contributed by atoms with Gasteiger partial charge in [-0.2, -0.15) is 4.39 Å². The van der Waals surface area contributed by atoms with Crippen LogP contribution < -0.4 is 4.74 Å². The maximum absolute atomic E-state index is 13.2. The molecule has 0 bridgehead atoms. The van der Waals surface area contributed by atoms with Crippen LogP contribution in [-0.4, -0.2) is 54.8 Å². The molecule has 0 unspecified atom stereocenters. The molecule has 0 saturated carbocycles. The molecule has 1 aliphatic heterocycles. The van der Waals surface area contributed by atoms with Gasteiger partial charge >= 0.3 is 0 Å². The summed E-state index contributed by atoms with van der Waals surface area (Å²) >= 11 is 1.20. The van der Waals surface area contributed by atoms with E-state index in [1.165, 1.54) is 30.2 Å². The number of aliphatic hydroxyl groups excluding tert-OH is 3. The molecular weight excluding hydrogens is 323 g/mol. The van der Waals surface area contributed by atoms with Crippen LogP contribution in [0.15, 0.2) is 36.8 Å². The molecule has 6 nitrogen and oxygen atoms in total. The van der Waals surface area contributed by atoms with Crippen LogP contribution in [0.4, 0.5) is 4.39 Å². The molecule has 0 spiro atoms. The fourth-order valence-electron chi connectivity index (χ4n) is 2.24. The van der Waals surface area contributed by atoms with Gasteiger partial charge in [0.2, 0.25) is 5.95 Å². The quantitative estimate of drug-likeness (QED) is 0.713. The van der Waals surface area contributed by atoms with Crippen LogP contribution >= 0.6 is 11.8 Å². The van der Waals surface area contributed by atoms with E-state index >= 15 is 0 Å². The Morgan fingerprint density at radius 3 is 2.74 bits per heavy atom. The van der Waals surface area contributed by atoms with Crippen LogP contribution in [0, 0.1) is 5.95 Å². The summed E-state index contributed by atoms with van der Waals surface area (Å²) in [5.74, 6) is 0.0371. The van der Waals surface area contributed by atoms with Crippen molar-refractivity contribution in [3.05, 3.63) is 42.7 Å². The molecule has 23 heavy (non-hydrogen) atoms. The summed E-state index contributed by atoms with van der Waals surface area (Å²) in [5.41, 5.74) is 0.516. The number of ether oxygens (including phenoxy) is 1. The average Bonchev–Trinajstić information content (AvgIpc) is 2.56. The van der Waals surface area contributed by atoms with Crippen molar-refractivity contribution in [1.82, 2.24) is 9.97 Å². The van der Waals surface area contributed by atoms with Crippen LogP contribution in [0.5, 0.6) is 5.75 Å². The molecule has 122 valence electrons. The first-order valence-corrected chi connectivity index (χ1v) is 7.99. The highest BCUT2D eigenvalue weighted by atomic mass is 32.2. The first-order valence-electron chi connectivity index (χ1n) is 6.94. The third-order valence-electron chi connectivity index (χ3n) is 3.48. The standard InChI is InChI=1S/C15H15FN2O4S/c16-12-4-8(1-2-18-12)9-3-10(6-17-5-9)22-15-14(21)13(20)11(19)7-23-15/h1-6,11,13-15,19-21H,7H2/t11-,13+,14-,15-/m1/s1. The minimum Gasteiger partial charge on any atom is -0.475 e. The molecule has 2 aromatic rings. The molecule has 8 heteroatoms. The summed E-state index contributed by atoms with van der Waals surface area (Å²) in [4.78, 5) is 7.55. The van der Waals surface area contributed by atoms with E-state index in [1.807, 2.05) is 0 Å². The van der Waals surface area contributed by atoms with Crippen molar-refractivity contribution in [3.63, 3.8) is 0 Å². The van der Waals surface area contributed by atoms with E-state index in [4.69, 9.17) is 4.74 Å². The summed E-state index contributed by atoms with van der Waals surface area (Å²) in [6.07, 6.45) is 0.921. The molecule has 2 aromatic heterocycles. The fourth-order valence-corrected chi connectivity index (χ4v) is 3.36. The molecule has 1 aliphatic rings. The number of aliphatic hydroxyl groups is 3. The molecule has 3 rings (SSSR count). The van der Waals surface area contributed by atoms with Crippen molar-refractivity contribution in [2.75, 3.05) is 5.75 Å². The van der Waals surface area contributed by atoms with Crippen LogP contribution in [0.25, 0.3) is 11.1 Å². The van der Waals surface area contributed by atoms with E-state index in [0.717, 1.165) is 0 Å². The smallest absolute Gasteiger partial charge is 0.213 e. The molecule has 0 amide bonds. The number of halogens is 1. The lowest BCUT2D eigenvalue weighted by Gasteiger charge is -2.34. The van der Waals surface area contributed by atoms with Gasteiger partial charge in [0.1, 0.15) is 18.0 Å². The van der Waals surface area contributed by atoms with Crippen molar-refractivity contribution in [2.45, 2.75) is 23.7 Å². The van der Waals surface area contributed by atoms with Gasteiger partial charge in [-0.25, -0.2) is 4.98 Å². The van der Waals surface area contributed by atoms with Gasteiger partial charge in [0.05, 0.1) is 12.3 Å². The number of aromatic nitrogens is 2. The first kappa shape index (κ1) is 16.1. The van der Waals surface area contributed by atoms with E-state index in [1.54, 1.807) is 18.3 Å². The normalized spacial score (nSPS) is 27.7. The van der Waals surface area contributed by atoms with E-state index in [9.17, 15) is 19.7 Å². The largest absolute Gasteiger partial charge is 0.475 e. The zero-order valence-corrected chi connectivity index (χ0v) is 12.7. The summed E-state index contributed by atoms with van der Waals surface area (Å²) in [6.45, 7) is 0. The molecule has 1 fully saturated rings. The van der Waals surface area contributed by atoms with Gasteiger partial charge in [0.15, 0.2) is 5.44 Å². The number of thioether (sulfide) groups is 1. The van der Waals surface area contributed by atoms with Gasteiger partial charge in [-0.15, -0.1) is 11.8 Å². The van der Waals surface area contributed by atoms with Crippen LogP contribution in [-0.2, 0) is 0 Å². The Morgan fingerprint density at radius 2 is 1.96 bits per heavy atom. The molecule has 0 radical (unpaired) electrons. The summed E-state index contributed by atoms with van der Waals surface area (Å²) < 4.78 is 18.9. The van der Waals surface area contributed by atoms with Gasteiger partial charge in [-0.05, 0) is 17.7 Å². The second-order valence-corrected chi connectivity index (χ2v) is 6.28. The third kappa shape index (κ3) is 3.61. The Kier molecular flexibility index (Phi) is 4.76. The topological polar surface area (TPSA) is 95.7 Å². The lowest BCUT2D eigenvalue weighted by Crippen LogP contribution is -2.50. The van der Waals surface area contributed by atoms with E-state index in [2.05, 4.69) is 9.97 Å².